The zero-order chi connectivity index (χ0) is 24.3. The number of carbonyl (C=O) groups is 2. The van der Waals surface area contributed by atoms with Crippen molar-refractivity contribution in [1.82, 2.24) is 5.32 Å². The van der Waals surface area contributed by atoms with E-state index in [9.17, 15) is 14.7 Å². The molecule has 32 heavy (non-hydrogen) atoms. The molecule has 0 heterocycles. The van der Waals surface area contributed by atoms with Gasteiger partial charge in [-0.1, -0.05) is 33.1 Å². The van der Waals surface area contributed by atoms with Crippen LogP contribution in [0.2, 0.25) is 0 Å². The maximum absolute atomic E-state index is 12.2. The highest BCUT2D eigenvalue weighted by Gasteiger charge is 2.29. The third-order valence-corrected chi connectivity index (χ3v) is 5.34. The summed E-state index contributed by atoms with van der Waals surface area (Å²) in [7, 11) is 3.06. The normalized spacial score (nSPS) is 15.2. The van der Waals surface area contributed by atoms with E-state index in [1.165, 1.54) is 46.3 Å². The van der Waals surface area contributed by atoms with E-state index in [1.807, 2.05) is 13.8 Å². The molecule has 0 aliphatic heterocycles. The van der Waals surface area contributed by atoms with E-state index in [1.54, 1.807) is 32.0 Å². The molecule has 2 rings (SSSR count). The summed E-state index contributed by atoms with van der Waals surface area (Å²) in [6, 6.07) is 4.72. The molecule has 1 atom stereocenters. The van der Waals surface area contributed by atoms with Crippen LogP contribution < -0.4 is 20.5 Å². The van der Waals surface area contributed by atoms with Gasteiger partial charge in [-0.3, -0.25) is 0 Å². The zero-order valence-corrected chi connectivity index (χ0v) is 20.3. The fraction of sp³-hybridized carbons (Fsp3) is 0.667. The second-order valence-electron chi connectivity index (χ2n) is 9.06. The number of nitrogens with two attached hydrogens (primary N) is 1. The minimum absolute atomic E-state index is 0.122. The van der Waals surface area contributed by atoms with Gasteiger partial charge in [0.2, 0.25) is 0 Å². The zero-order valence-electron chi connectivity index (χ0n) is 20.3. The van der Waals surface area contributed by atoms with Gasteiger partial charge in [0.15, 0.2) is 0 Å². The number of rotatable bonds is 8. The maximum atomic E-state index is 12.2. The molecule has 1 aromatic carbocycles. The van der Waals surface area contributed by atoms with Gasteiger partial charge in [-0.25, -0.2) is 9.59 Å². The molecule has 1 aromatic rings. The van der Waals surface area contributed by atoms with Gasteiger partial charge in [0.05, 0.1) is 14.2 Å². The Morgan fingerprint density at radius 2 is 1.62 bits per heavy atom. The van der Waals surface area contributed by atoms with Gasteiger partial charge >= 0.3 is 12.1 Å². The molecule has 1 amide bonds. The molecule has 1 saturated carbocycles. The highest BCUT2D eigenvalue weighted by atomic mass is 16.6. The van der Waals surface area contributed by atoms with Crippen LogP contribution in [-0.4, -0.2) is 43.5 Å². The van der Waals surface area contributed by atoms with Crippen molar-refractivity contribution in [3.63, 3.8) is 0 Å². The highest BCUT2D eigenvalue weighted by Crippen LogP contribution is 2.32. The molecule has 0 unspecified atom stereocenters. The van der Waals surface area contributed by atoms with Gasteiger partial charge < -0.3 is 30.4 Å². The number of hydrogen-bond acceptors (Lipinski definition) is 6. The van der Waals surface area contributed by atoms with E-state index >= 15 is 0 Å². The fourth-order valence-electron chi connectivity index (χ4n) is 3.44. The SMILES string of the molecule is COc1cc(OC)cc(C(C)(C)OC(=O)N[C@@H](CC(C)C)C(=O)O)c1.NC1CCCCC1. The lowest BCUT2D eigenvalue weighted by Gasteiger charge is -2.27. The van der Waals surface area contributed by atoms with Crippen LogP contribution in [0.25, 0.3) is 0 Å². The van der Waals surface area contributed by atoms with Gasteiger partial charge in [-0.05, 0) is 51.2 Å². The smallest absolute Gasteiger partial charge is 0.408 e. The topological polar surface area (TPSA) is 120 Å². The summed E-state index contributed by atoms with van der Waals surface area (Å²) >= 11 is 0. The minimum Gasteiger partial charge on any atom is -0.497 e. The Balaban J connectivity index is 0.000000616. The summed E-state index contributed by atoms with van der Waals surface area (Å²) in [5, 5.41) is 11.6. The molecule has 1 fully saturated rings. The number of amides is 1. The second-order valence-corrected chi connectivity index (χ2v) is 9.06. The van der Waals surface area contributed by atoms with Crippen LogP contribution in [0.3, 0.4) is 0 Å². The molecule has 1 aliphatic rings. The molecular formula is C24H40N2O6. The van der Waals surface area contributed by atoms with Crippen LogP contribution in [0.5, 0.6) is 11.5 Å². The number of carboxylic acids is 1. The van der Waals surface area contributed by atoms with Gasteiger partial charge in [-0.2, -0.15) is 0 Å². The first kappa shape index (κ1) is 27.6. The summed E-state index contributed by atoms with van der Waals surface area (Å²) in [5.41, 5.74) is 5.29. The van der Waals surface area contributed by atoms with Crippen molar-refractivity contribution in [3.8, 4) is 11.5 Å². The Kier molecular flexibility index (Phi) is 11.3. The van der Waals surface area contributed by atoms with Crippen molar-refractivity contribution in [2.24, 2.45) is 11.7 Å². The predicted octanol–water partition coefficient (Wildman–Crippen LogP) is 4.44. The Hall–Kier alpha value is -2.48. The number of ether oxygens (including phenoxy) is 3. The van der Waals surface area contributed by atoms with Crippen LogP contribution in [0.15, 0.2) is 18.2 Å². The number of benzene rings is 1. The minimum atomic E-state index is -1.09. The third-order valence-electron chi connectivity index (χ3n) is 5.34. The average molecular weight is 453 g/mol. The van der Waals surface area contributed by atoms with Crippen LogP contribution in [0.4, 0.5) is 4.79 Å². The summed E-state index contributed by atoms with van der Waals surface area (Å²) in [5.74, 6) is 0.160. The number of nitrogens with one attached hydrogen (secondary N) is 1. The summed E-state index contributed by atoms with van der Waals surface area (Å²) in [4.78, 5) is 23.4. The maximum Gasteiger partial charge on any atom is 0.408 e. The monoisotopic (exact) mass is 452 g/mol. The molecule has 8 heteroatoms. The Morgan fingerprint density at radius 3 is 2.00 bits per heavy atom. The lowest BCUT2D eigenvalue weighted by molar-refractivity contribution is -0.139. The fourth-order valence-corrected chi connectivity index (χ4v) is 3.44. The van der Waals surface area contributed by atoms with Crippen LogP contribution in [-0.2, 0) is 15.1 Å². The molecule has 8 nitrogen and oxygen atoms in total. The quantitative estimate of drug-likeness (QED) is 0.533. The molecule has 182 valence electrons. The number of methoxy groups -OCH3 is 2. The Morgan fingerprint density at radius 1 is 1.09 bits per heavy atom. The molecule has 0 aromatic heterocycles. The Bertz CT molecular complexity index is 707. The average Bonchev–Trinajstić information content (AvgIpc) is 2.73. The van der Waals surface area contributed by atoms with E-state index in [-0.39, 0.29) is 5.92 Å². The molecule has 0 bridgehead atoms. The summed E-state index contributed by atoms with van der Waals surface area (Å²) < 4.78 is 15.9. The summed E-state index contributed by atoms with van der Waals surface area (Å²) in [6.07, 6.45) is 6.19. The predicted molar refractivity (Wildman–Crippen MR) is 124 cm³/mol. The van der Waals surface area contributed by atoms with Gasteiger partial charge in [-0.15, -0.1) is 0 Å². The van der Waals surface area contributed by atoms with E-state index in [2.05, 4.69) is 5.32 Å². The number of aliphatic carboxylic acids is 1. The van der Waals surface area contributed by atoms with Crippen molar-refractivity contribution in [3.05, 3.63) is 23.8 Å². The van der Waals surface area contributed by atoms with Crippen molar-refractivity contribution in [2.75, 3.05) is 14.2 Å². The van der Waals surface area contributed by atoms with Crippen molar-refractivity contribution < 1.29 is 28.9 Å². The van der Waals surface area contributed by atoms with Gasteiger partial charge in [0, 0.05) is 17.7 Å². The third kappa shape index (κ3) is 9.77. The van der Waals surface area contributed by atoms with Crippen molar-refractivity contribution in [2.45, 2.75) is 83.9 Å². The van der Waals surface area contributed by atoms with Crippen LogP contribution >= 0.6 is 0 Å². The van der Waals surface area contributed by atoms with Crippen LogP contribution in [0, 0.1) is 5.92 Å². The van der Waals surface area contributed by atoms with Crippen molar-refractivity contribution in [1.29, 1.82) is 0 Å². The highest BCUT2D eigenvalue weighted by molar-refractivity contribution is 5.80. The van der Waals surface area contributed by atoms with E-state index < -0.39 is 23.7 Å². The molecule has 0 radical (unpaired) electrons. The van der Waals surface area contributed by atoms with E-state index in [0.717, 1.165) is 0 Å². The standard InChI is InChI=1S/C18H27NO6.C6H13N/c1-11(2)7-15(16(20)21)19-17(22)25-18(3,4)12-8-13(23-5)10-14(9-12)24-6;7-6-4-2-1-3-5-6/h8-11,15H,7H2,1-6H3,(H,19,22)(H,20,21);6H,1-5,7H2/t15-;/m0./s1. The summed E-state index contributed by atoms with van der Waals surface area (Å²) in [6.45, 7) is 7.18. The number of hydrogen-bond donors (Lipinski definition) is 3. The number of carboxylic acid groups (broad SMARTS) is 1. The first-order valence-corrected chi connectivity index (χ1v) is 11.2. The molecule has 4 N–H and O–H groups in total. The lowest BCUT2D eigenvalue weighted by Crippen LogP contribution is -2.44. The number of carbonyl (C=O) groups excluding carboxylic acids is 1. The molecule has 0 spiro atoms. The molecule has 0 saturated heterocycles. The first-order chi connectivity index (χ1) is 15.0. The Labute approximate surface area is 191 Å². The second kappa shape index (κ2) is 13.2. The van der Waals surface area contributed by atoms with E-state index in [0.29, 0.717) is 29.5 Å². The number of alkyl carbamates (subject to hydrolysis) is 1. The largest absolute Gasteiger partial charge is 0.497 e. The lowest BCUT2D eigenvalue weighted by atomic mass is 9.97. The van der Waals surface area contributed by atoms with E-state index in [4.69, 9.17) is 19.9 Å². The van der Waals surface area contributed by atoms with Crippen LogP contribution in [0.1, 0.15) is 71.8 Å². The molecular weight excluding hydrogens is 412 g/mol. The first-order valence-electron chi connectivity index (χ1n) is 11.2. The molecule has 1 aliphatic carbocycles. The van der Waals surface area contributed by atoms with Gasteiger partial charge in [0.25, 0.3) is 0 Å². The van der Waals surface area contributed by atoms with Crippen molar-refractivity contribution >= 4 is 12.1 Å². The van der Waals surface area contributed by atoms with Gasteiger partial charge in [0.1, 0.15) is 23.1 Å².